The van der Waals surface area contributed by atoms with E-state index in [-0.39, 0.29) is 5.91 Å². The van der Waals surface area contributed by atoms with Crippen LogP contribution in [0.1, 0.15) is 26.7 Å². The third-order valence-corrected chi connectivity index (χ3v) is 4.10. The monoisotopic (exact) mass is 268 g/mol. The molecule has 0 radical (unpaired) electrons. The summed E-state index contributed by atoms with van der Waals surface area (Å²) < 4.78 is 0. The zero-order valence-corrected chi connectivity index (χ0v) is 12.3. The summed E-state index contributed by atoms with van der Waals surface area (Å²) in [5, 5.41) is 6.45. The molecule has 0 aromatic heterocycles. The molecule has 1 amide bonds. The lowest BCUT2D eigenvalue weighted by Gasteiger charge is -2.46. The molecule has 0 aromatic carbocycles. The predicted octanol–water partition coefficient (Wildman–Crippen LogP) is -0.119. The second-order valence-corrected chi connectivity index (χ2v) is 5.89. The lowest BCUT2D eigenvalue weighted by atomic mass is 10.1. The van der Waals surface area contributed by atoms with Crippen molar-refractivity contribution in [2.45, 2.75) is 38.8 Å². The predicted molar refractivity (Wildman–Crippen MR) is 77.2 cm³/mol. The van der Waals surface area contributed by atoms with E-state index in [4.69, 9.17) is 0 Å². The molecule has 2 saturated heterocycles. The molecule has 0 saturated carbocycles. The number of likely N-dealkylation sites (tertiary alicyclic amines) is 1. The van der Waals surface area contributed by atoms with Crippen LogP contribution in [0, 0.1) is 0 Å². The van der Waals surface area contributed by atoms with Gasteiger partial charge in [0.25, 0.3) is 0 Å². The Labute approximate surface area is 116 Å². The van der Waals surface area contributed by atoms with Gasteiger partial charge in [-0.15, -0.1) is 0 Å². The minimum absolute atomic E-state index is 0.180. The molecule has 2 heterocycles. The first-order valence-corrected chi connectivity index (χ1v) is 7.65. The fourth-order valence-electron chi connectivity index (χ4n) is 2.98. The Balaban J connectivity index is 1.60. The summed E-state index contributed by atoms with van der Waals surface area (Å²) in [6.07, 6.45) is 2.19. The van der Waals surface area contributed by atoms with Crippen LogP contribution in [-0.4, -0.2) is 73.6 Å². The Hall–Kier alpha value is -0.650. The van der Waals surface area contributed by atoms with Crippen LogP contribution >= 0.6 is 0 Å². The first-order chi connectivity index (χ1) is 9.19. The van der Waals surface area contributed by atoms with Crippen molar-refractivity contribution in [2.75, 3.05) is 45.8 Å². The van der Waals surface area contributed by atoms with Gasteiger partial charge in [0.2, 0.25) is 5.91 Å². The smallest absolute Gasteiger partial charge is 0.234 e. The summed E-state index contributed by atoms with van der Waals surface area (Å²) in [5.41, 5.74) is 0. The lowest BCUT2D eigenvalue weighted by Crippen LogP contribution is -2.63. The fourth-order valence-corrected chi connectivity index (χ4v) is 2.98. The molecule has 19 heavy (non-hydrogen) atoms. The number of rotatable bonds is 6. The Kier molecular flexibility index (Phi) is 5.60. The number of hydrogen-bond donors (Lipinski definition) is 2. The van der Waals surface area contributed by atoms with Crippen molar-refractivity contribution >= 4 is 5.91 Å². The van der Waals surface area contributed by atoms with Gasteiger partial charge in [0.1, 0.15) is 0 Å². The van der Waals surface area contributed by atoms with E-state index < -0.39 is 0 Å². The molecule has 2 fully saturated rings. The largest absolute Gasteiger partial charge is 0.353 e. The fraction of sp³-hybridized carbons (Fsp3) is 0.929. The quantitative estimate of drug-likeness (QED) is 0.705. The summed E-state index contributed by atoms with van der Waals surface area (Å²) in [6.45, 7) is 11.4. The Bertz CT molecular complexity index is 285. The van der Waals surface area contributed by atoms with Gasteiger partial charge >= 0.3 is 0 Å². The Morgan fingerprint density at radius 1 is 1.37 bits per heavy atom. The van der Waals surface area contributed by atoms with E-state index in [9.17, 15) is 4.79 Å². The van der Waals surface area contributed by atoms with Crippen LogP contribution in [0.4, 0.5) is 0 Å². The van der Waals surface area contributed by atoms with E-state index >= 15 is 0 Å². The maximum absolute atomic E-state index is 11.8. The molecule has 110 valence electrons. The van der Waals surface area contributed by atoms with Crippen LogP contribution in [0.15, 0.2) is 0 Å². The number of hydrogen-bond acceptors (Lipinski definition) is 4. The molecule has 0 spiro atoms. The second-order valence-electron chi connectivity index (χ2n) is 5.89. The summed E-state index contributed by atoms with van der Waals surface area (Å²) in [6, 6.07) is 0.978. The standard InChI is InChI=1S/C14H28N4O/c1-3-4-12(2)16-14(19)11-17-9-13(10-17)18-7-5-15-6-8-18/h12-13,15H,3-11H2,1-2H3,(H,16,19). The zero-order valence-electron chi connectivity index (χ0n) is 12.3. The first kappa shape index (κ1) is 14.8. The topological polar surface area (TPSA) is 47.6 Å². The van der Waals surface area contributed by atoms with Crippen molar-refractivity contribution in [3.63, 3.8) is 0 Å². The maximum atomic E-state index is 11.8. The second kappa shape index (κ2) is 7.22. The van der Waals surface area contributed by atoms with E-state index in [0.29, 0.717) is 18.6 Å². The molecule has 1 atom stereocenters. The third kappa shape index (κ3) is 4.44. The highest BCUT2D eigenvalue weighted by Gasteiger charge is 2.33. The molecule has 2 rings (SSSR count). The van der Waals surface area contributed by atoms with Crippen LogP contribution < -0.4 is 10.6 Å². The van der Waals surface area contributed by atoms with E-state index in [1.807, 2.05) is 0 Å². The van der Waals surface area contributed by atoms with Gasteiger partial charge in [0.15, 0.2) is 0 Å². The lowest BCUT2D eigenvalue weighted by molar-refractivity contribution is -0.124. The van der Waals surface area contributed by atoms with Crippen molar-refractivity contribution < 1.29 is 4.79 Å². The first-order valence-electron chi connectivity index (χ1n) is 7.65. The highest BCUT2D eigenvalue weighted by molar-refractivity contribution is 5.78. The van der Waals surface area contributed by atoms with E-state index in [2.05, 4.69) is 34.3 Å². The Morgan fingerprint density at radius 3 is 2.68 bits per heavy atom. The molecule has 2 aliphatic heterocycles. The van der Waals surface area contributed by atoms with Crippen LogP contribution in [0.2, 0.25) is 0 Å². The molecule has 1 unspecified atom stereocenters. The van der Waals surface area contributed by atoms with Gasteiger partial charge in [-0.3, -0.25) is 14.6 Å². The van der Waals surface area contributed by atoms with Crippen LogP contribution in [0.5, 0.6) is 0 Å². The van der Waals surface area contributed by atoms with Gasteiger partial charge in [-0.2, -0.15) is 0 Å². The molecular formula is C14H28N4O. The van der Waals surface area contributed by atoms with Crippen molar-refractivity contribution in [2.24, 2.45) is 0 Å². The summed E-state index contributed by atoms with van der Waals surface area (Å²) in [5.74, 6) is 0.180. The Morgan fingerprint density at radius 2 is 2.05 bits per heavy atom. The average molecular weight is 268 g/mol. The van der Waals surface area contributed by atoms with Crippen LogP contribution in [0.3, 0.4) is 0 Å². The third-order valence-electron chi connectivity index (χ3n) is 4.10. The maximum Gasteiger partial charge on any atom is 0.234 e. The van der Waals surface area contributed by atoms with Gasteiger partial charge in [-0.1, -0.05) is 13.3 Å². The average Bonchev–Trinajstić information content (AvgIpc) is 2.34. The summed E-state index contributed by atoms with van der Waals surface area (Å²) >= 11 is 0. The number of carbonyl (C=O) groups is 1. The van der Waals surface area contributed by atoms with Crippen molar-refractivity contribution in [1.29, 1.82) is 0 Å². The molecule has 0 aliphatic carbocycles. The normalized spacial score (nSPS) is 23.9. The number of nitrogens with one attached hydrogen (secondary N) is 2. The van der Waals surface area contributed by atoms with E-state index in [0.717, 1.165) is 52.1 Å². The van der Waals surface area contributed by atoms with Crippen molar-refractivity contribution in [3.8, 4) is 0 Å². The SMILES string of the molecule is CCCC(C)NC(=O)CN1CC(N2CCNCC2)C1. The minimum Gasteiger partial charge on any atom is -0.353 e. The summed E-state index contributed by atoms with van der Waals surface area (Å²) in [4.78, 5) is 16.6. The number of piperazine rings is 1. The van der Waals surface area contributed by atoms with Gasteiger partial charge in [0.05, 0.1) is 6.54 Å². The highest BCUT2D eigenvalue weighted by Crippen LogP contribution is 2.14. The molecule has 0 bridgehead atoms. The number of carbonyl (C=O) groups excluding carboxylic acids is 1. The molecule has 5 nitrogen and oxygen atoms in total. The zero-order chi connectivity index (χ0) is 13.7. The molecular weight excluding hydrogens is 240 g/mol. The molecule has 2 aliphatic rings. The molecule has 2 N–H and O–H groups in total. The highest BCUT2D eigenvalue weighted by atomic mass is 16.2. The van der Waals surface area contributed by atoms with Gasteiger partial charge in [-0.25, -0.2) is 0 Å². The molecule has 5 heteroatoms. The minimum atomic E-state index is 0.180. The van der Waals surface area contributed by atoms with Crippen molar-refractivity contribution in [1.82, 2.24) is 20.4 Å². The molecule has 0 aromatic rings. The van der Waals surface area contributed by atoms with Crippen LogP contribution in [-0.2, 0) is 4.79 Å². The van der Waals surface area contributed by atoms with Crippen molar-refractivity contribution in [3.05, 3.63) is 0 Å². The number of amides is 1. The van der Waals surface area contributed by atoms with E-state index in [1.54, 1.807) is 0 Å². The van der Waals surface area contributed by atoms with E-state index in [1.165, 1.54) is 0 Å². The summed E-state index contributed by atoms with van der Waals surface area (Å²) in [7, 11) is 0. The van der Waals surface area contributed by atoms with Gasteiger partial charge in [0, 0.05) is 51.4 Å². The number of nitrogens with zero attached hydrogens (tertiary/aromatic N) is 2. The van der Waals surface area contributed by atoms with Crippen LogP contribution in [0.25, 0.3) is 0 Å². The van der Waals surface area contributed by atoms with Gasteiger partial charge < -0.3 is 10.6 Å². The van der Waals surface area contributed by atoms with Gasteiger partial charge in [-0.05, 0) is 13.3 Å².